The topological polar surface area (TPSA) is 35.6 Å². The number of likely N-dealkylation sites (tertiary alicyclic amines) is 1. The minimum Gasteiger partial charge on any atom is -0.342 e. The Morgan fingerprint density at radius 3 is 2.65 bits per heavy atom. The molecular weight excluding hydrogens is 250 g/mol. The van der Waals surface area contributed by atoms with E-state index in [1.54, 1.807) is 0 Å². The van der Waals surface area contributed by atoms with E-state index >= 15 is 0 Å². The fraction of sp³-hybridized carbons (Fsp3) is 0.562. The van der Waals surface area contributed by atoms with Crippen molar-refractivity contribution in [3.05, 3.63) is 35.9 Å². The first-order chi connectivity index (χ1) is 9.84. The third-order valence-electron chi connectivity index (χ3n) is 4.34. The smallest absolute Gasteiger partial charge is 0.236 e. The van der Waals surface area contributed by atoms with Gasteiger partial charge in [0, 0.05) is 38.8 Å². The summed E-state index contributed by atoms with van der Waals surface area (Å²) in [7, 11) is 0. The van der Waals surface area contributed by atoms with Gasteiger partial charge in [0.05, 0.1) is 6.54 Å². The fourth-order valence-electron chi connectivity index (χ4n) is 3.18. The number of amides is 1. The predicted molar refractivity (Wildman–Crippen MR) is 79.4 cm³/mol. The summed E-state index contributed by atoms with van der Waals surface area (Å²) in [5.74, 6) is 0.297. The van der Waals surface area contributed by atoms with E-state index in [9.17, 15) is 4.79 Å². The number of carbonyl (C=O) groups excluding carboxylic acids is 1. The average Bonchev–Trinajstić information content (AvgIpc) is 3.03. The van der Waals surface area contributed by atoms with Crippen LogP contribution >= 0.6 is 0 Å². The van der Waals surface area contributed by atoms with Gasteiger partial charge in [0.15, 0.2) is 0 Å². The molecule has 108 valence electrons. The lowest BCUT2D eigenvalue weighted by Gasteiger charge is -2.36. The highest BCUT2D eigenvalue weighted by Crippen LogP contribution is 2.22. The molecule has 0 aromatic heterocycles. The molecule has 0 aliphatic carbocycles. The van der Waals surface area contributed by atoms with Crippen LogP contribution in [0.25, 0.3) is 0 Å². The van der Waals surface area contributed by atoms with Crippen LogP contribution in [-0.2, 0) is 4.79 Å². The van der Waals surface area contributed by atoms with Crippen molar-refractivity contribution < 1.29 is 4.79 Å². The Morgan fingerprint density at radius 2 is 1.90 bits per heavy atom. The number of piperazine rings is 1. The number of carbonyl (C=O) groups is 1. The molecule has 1 N–H and O–H groups in total. The summed E-state index contributed by atoms with van der Waals surface area (Å²) < 4.78 is 0. The van der Waals surface area contributed by atoms with E-state index in [0.717, 1.165) is 45.6 Å². The maximum Gasteiger partial charge on any atom is 0.236 e. The summed E-state index contributed by atoms with van der Waals surface area (Å²) in [5.41, 5.74) is 1.30. The second-order valence-electron chi connectivity index (χ2n) is 5.69. The molecule has 0 unspecified atom stereocenters. The molecule has 2 aliphatic heterocycles. The molecule has 3 rings (SSSR count). The second kappa shape index (κ2) is 6.37. The van der Waals surface area contributed by atoms with Crippen molar-refractivity contribution in [2.75, 3.05) is 39.3 Å². The summed E-state index contributed by atoms with van der Waals surface area (Å²) in [6.07, 6.45) is 2.32. The standard InChI is InChI=1S/C16H23N3O/c20-16(18-9-4-5-10-18)13-19-11-8-17-12-15(19)14-6-2-1-3-7-14/h1-3,6-7,15,17H,4-5,8-13H2/t15-/m1/s1. The summed E-state index contributed by atoms with van der Waals surface area (Å²) in [6.45, 7) is 5.29. The lowest BCUT2D eigenvalue weighted by molar-refractivity contribution is -0.132. The zero-order valence-electron chi connectivity index (χ0n) is 11.9. The molecule has 20 heavy (non-hydrogen) atoms. The maximum atomic E-state index is 12.4. The molecule has 0 radical (unpaired) electrons. The largest absolute Gasteiger partial charge is 0.342 e. The van der Waals surface area contributed by atoms with E-state index in [0.29, 0.717) is 18.5 Å². The van der Waals surface area contributed by atoms with E-state index in [1.165, 1.54) is 5.56 Å². The number of rotatable bonds is 3. The molecule has 2 saturated heterocycles. The molecule has 0 saturated carbocycles. The van der Waals surface area contributed by atoms with Crippen LogP contribution in [0.1, 0.15) is 24.4 Å². The third kappa shape index (κ3) is 3.02. The van der Waals surface area contributed by atoms with Crippen LogP contribution in [0.4, 0.5) is 0 Å². The highest BCUT2D eigenvalue weighted by molar-refractivity contribution is 5.78. The zero-order valence-corrected chi connectivity index (χ0v) is 11.9. The van der Waals surface area contributed by atoms with Gasteiger partial charge in [-0.25, -0.2) is 0 Å². The summed E-state index contributed by atoms with van der Waals surface area (Å²) in [4.78, 5) is 16.7. The number of benzene rings is 1. The van der Waals surface area contributed by atoms with Gasteiger partial charge in [0.2, 0.25) is 5.91 Å². The van der Waals surface area contributed by atoms with Crippen molar-refractivity contribution in [1.82, 2.24) is 15.1 Å². The molecule has 4 nitrogen and oxygen atoms in total. The van der Waals surface area contributed by atoms with Gasteiger partial charge in [-0.1, -0.05) is 30.3 Å². The van der Waals surface area contributed by atoms with Crippen molar-refractivity contribution >= 4 is 5.91 Å². The van der Waals surface area contributed by atoms with Crippen molar-refractivity contribution in [3.8, 4) is 0 Å². The normalized spacial score (nSPS) is 24.0. The Balaban J connectivity index is 1.67. The molecule has 0 spiro atoms. The average molecular weight is 273 g/mol. The lowest BCUT2D eigenvalue weighted by atomic mass is 10.0. The minimum absolute atomic E-state index is 0.297. The van der Waals surface area contributed by atoms with Crippen LogP contribution in [0.3, 0.4) is 0 Å². The van der Waals surface area contributed by atoms with Gasteiger partial charge in [-0.15, -0.1) is 0 Å². The van der Waals surface area contributed by atoms with Crippen molar-refractivity contribution in [2.45, 2.75) is 18.9 Å². The van der Waals surface area contributed by atoms with Crippen LogP contribution in [0.15, 0.2) is 30.3 Å². The number of nitrogens with one attached hydrogen (secondary N) is 1. The quantitative estimate of drug-likeness (QED) is 0.900. The third-order valence-corrected chi connectivity index (χ3v) is 4.34. The molecule has 4 heteroatoms. The van der Waals surface area contributed by atoms with E-state index in [-0.39, 0.29) is 0 Å². The Morgan fingerprint density at radius 1 is 1.15 bits per heavy atom. The molecule has 0 bridgehead atoms. The summed E-state index contributed by atoms with van der Waals surface area (Å²) >= 11 is 0. The molecule has 2 fully saturated rings. The van der Waals surface area contributed by atoms with Gasteiger partial charge in [0.1, 0.15) is 0 Å². The van der Waals surface area contributed by atoms with Gasteiger partial charge in [-0.3, -0.25) is 9.69 Å². The van der Waals surface area contributed by atoms with Crippen molar-refractivity contribution in [1.29, 1.82) is 0 Å². The van der Waals surface area contributed by atoms with Gasteiger partial charge in [0.25, 0.3) is 0 Å². The highest BCUT2D eigenvalue weighted by atomic mass is 16.2. The molecule has 2 heterocycles. The van der Waals surface area contributed by atoms with E-state index in [2.05, 4.69) is 34.5 Å². The van der Waals surface area contributed by atoms with E-state index in [1.807, 2.05) is 11.0 Å². The van der Waals surface area contributed by atoms with Crippen molar-refractivity contribution in [3.63, 3.8) is 0 Å². The Hall–Kier alpha value is -1.39. The second-order valence-corrected chi connectivity index (χ2v) is 5.69. The first kappa shape index (κ1) is 13.6. The van der Waals surface area contributed by atoms with Crippen LogP contribution < -0.4 is 5.32 Å². The fourth-order valence-corrected chi connectivity index (χ4v) is 3.18. The monoisotopic (exact) mass is 273 g/mol. The van der Waals surface area contributed by atoms with Crippen LogP contribution in [-0.4, -0.2) is 55.0 Å². The van der Waals surface area contributed by atoms with E-state index in [4.69, 9.17) is 0 Å². The SMILES string of the molecule is O=C(CN1CCNC[C@@H]1c1ccccc1)N1CCCC1. The molecular formula is C16H23N3O. The summed E-state index contributed by atoms with van der Waals surface area (Å²) in [6, 6.07) is 10.8. The first-order valence-corrected chi connectivity index (χ1v) is 7.62. The van der Waals surface area contributed by atoms with Gasteiger partial charge in [-0.05, 0) is 18.4 Å². The Labute approximate surface area is 120 Å². The minimum atomic E-state index is 0.297. The Kier molecular flexibility index (Phi) is 4.33. The predicted octanol–water partition coefficient (Wildman–Crippen LogP) is 1.26. The number of hydrogen-bond donors (Lipinski definition) is 1. The van der Waals surface area contributed by atoms with Gasteiger partial charge in [-0.2, -0.15) is 0 Å². The van der Waals surface area contributed by atoms with Crippen LogP contribution in [0, 0.1) is 0 Å². The lowest BCUT2D eigenvalue weighted by Crippen LogP contribution is -2.49. The molecule has 1 aromatic rings. The number of nitrogens with zero attached hydrogens (tertiary/aromatic N) is 2. The zero-order chi connectivity index (χ0) is 13.8. The Bertz CT molecular complexity index is 442. The van der Waals surface area contributed by atoms with Crippen LogP contribution in [0.5, 0.6) is 0 Å². The van der Waals surface area contributed by atoms with Crippen LogP contribution in [0.2, 0.25) is 0 Å². The maximum absolute atomic E-state index is 12.4. The molecule has 1 amide bonds. The molecule has 1 aromatic carbocycles. The first-order valence-electron chi connectivity index (χ1n) is 7.62. The molecule has 1 atom stereocenters. The van der Waals surface area contributed by atoms with Gasteiger partial charge >= 0.3 is 0 Å². The van der Waals surface area contributed by atoms with E-state index < -0.39 is 0 Å². The highest BCUT2D eigenvalue weighted by Gasteiger charge is 2.27. The van der Waals surface area contributed by atoms with Crippen molar-refractivity contribution in [2.24, 2.45) is 0 Å². The molecule has 2 aliphatic rings. The number of hydrogen-bond acceptors (Lipinski definition) is 3. The summed E-state index contributed by atoms with van der Waals surface area (Å²) in [5, 5.41) is 3.44. The van der Waals surface area contributed by atoms with Gasteiger partial charge < -0.3 is 10.2 Å².